The van der Waals surface area contributed by atoms with E-state index in [0.717, 1.165) is 11.1 Å². The highest BCUT2D eigenvalue weighted by Gasteiger charge is 2.32. The summed E-state index contributed by atoms with van der Waals surface area (Å²) in [5.41, 5.74) is 2.90. The number of thiazole rings is 1. The van der Waals surface area contributed by atoms with Crippen LogP contribution in [0.3, 0.4) is 0 Å². The second-order valence-corrected chi connectivity index (χ2v) is 10.8. The molecule has 1 N–H and O–H groups in total. The molecule has 0 radical (unpaired) electrons. The van der Waals surface area contributed by atoms with E-state index < -0.39 is 6.04 Å². The number of hydrogen-bond donors (Lipinski definition) is 1. The lowest BCUT2D eigenvalue weighted by molar-refractivity contribution is -0.113. The van der Waals surface area contributed by atoms with Gasteiger partial charge >= 0.3 is 0 Å². The molecule has 9 heteroatoms. The van der Waals surface area contributed by atoms with Crippen LogP contribution >= 0.6 is 22.9 Å². The summed E-state index contributed by atoms with van der Waals surface area (Å²) in [6.07, 6.45) is 1.70. The predicted molar refractivity (Wildman–Crippen MR) is 161 cm³/mol. The third-order valence-corrected chi connectivity index (χ3v) is 7.96. The number of aromatic nitrogens is 1. The summed E-state index contributed by atoms with van der Waals surface area (Å²) in [7, 11) is 1.59. The Hall–Kier alpha value is -4.66. The molecule has 0 spiro atoms. The van der Waals surface area contributed by atoms with Crippen molar-refractivity contribution in [1.29, 1.82) is 0 Å². The third kappa shape index (κ3) is 5.27. The lowest BCUT2D eigenvalue weighted by Crippen LogP contribution is -2.40. The van der Waals surface area contributed by atoms with Crippen LogP contribution in [0.2, 0.25) is 5.02 Å². The minimum atomic E-state index is -0.693. The summed E-state index contributed by atoms with van der Waals surface area (Å²) in [6.45, 7) is 1.79. The number of carbonyl (C=O) groups excluding carboxylic acids is 1. The van der Waals surface area contributed by atoms with Crippen molar-refractivity contribution in [3.8, 4) is 17.1 Å². The van der Waals surface area contributed by atoms with Crippen LogP contribution in [-0.4, -0.2) is 17.6 Å². The Morgan fingerprint density at radius 1 is 1.05 bits per heavy atom. The molecule has 3 aromatic carbocycles. The van der Waals surface area contributed by atoms with E-state index in [1.54, 1.807) is 36.8 Å². The van der Waals surface area contributed by atoms with Crippen LogP contribution in [0.15, 0.2) is 116 Å². The fourth-order valence-corrected chi connectivity index (χ4v) is 6.01. The Labute approximate surface area is 244 Å². The van der Waals surface area contributed by atoms with Crippen molar-refractivity contribution in [3.63, 3.8) is 0 Å². The summed E-state index contributed by atoms with van der Waals surface area (Å²) in [4.78, 5) is 32.8. The number of hydrogen-bond acceptors (Lipinski definition) is 6. The normalized spacial score (nSPS) is 14.9. The molecule has 1 aliphatic rings. The summed E-state index contributed by atoms with van der Waals surface area (Å²) < 4.78 is 13.4. The van der Waals surface area contributed by atoms with Crippen LogP contribution in [0, 0.1) is 0 Å². The Morgan fingerprint density at radius 3 is 2.56 bits per heavy atom. The number of furan rings is 1. The van der Waals surface area contributed by atoms with Crippen LogP contribution in [0.5, 0.6) is 5.75 Å². The molecule has 2 aromatic heterocycles. The van der Waals surface area contributed by atoms with Crippen LogP contribution < -0.4 is 24.9 Å². The van der Waals surface area contributed by atoms with Crippen molar-refractivity contribution < 1.29 is 13.9 Å². The van der Waals surface area contributed by atoms with Gasteiger partial charge in [-0.2, -0.15) is 0 Å². The van der Waals surface area contributed by atoms with Crippen LogP contribution in [-0.2, 0) is 4.79 Å². The molecule has 0 fully saturated rings. The number of carbonyl (C=O) groups is 1. The zero-order valence-electron chi connectivity index (χ0n) is 22.1. The molecule has 0 saturated carbocycles. The molecular weight excluding hydrogens is 558 g/mol. The van der Waals surface area contributed by atoms with Crippen LogP contribution in [0.4, 0.5) is 5.69 Å². The average Bonchev–Trinajstić information content (AvgIpc) is 3.57. The SMILES string of the molecule is COc1ccc(C2C(C(=O)Nc3ccccc3)=C(C)N=c3sc(=Cc4ccc(-c5cccc(Cl)c5)o4)c(=O)n32)cc1. The van der Waals surface area contributed by atoms with Gasteiger partial charge < -0.3 is 14.5 Å². The molecule has 0 saturated heterocycles. The fraction of sp³-hybridized carbons (Fsp3) is 0.0938. The number of rotatable bonds is 6. The number of benzene rings is 3. The quantitative estimate of drug-likeness (QED) is 0.275. The van der Waals surface area contributed by atoms with E-state index in [-0.39, 0.29) is 11.5 Å². The van der Waals surface area contributed by atoms with Gasteiger partial charge in [0.2, 0.25) is 0 Å². The number of halogens is 1. The first kappa shape index (κ1) is 26.6. The minimum absolute atomic E-state index is 0.271. The van der Waals surface area contributed by atoms with E-state index in [1.807, 2.05) is 78.9 Å². The molecule has 3 heterocycles. The minimum Gasteiger partial charge on any atom is -0.497 e. The first-order valence-electron chi connectivity index (χ1n) is 12.8. The van der Waals surface area contributed by atoms with E-state index in [9.17, 15) is 9.59 Å². The average molecular weight is 582 g/mol. The summed E-state index contributed by atoms with van der Waals surface area (Å²) in [5.74, 6) is 1.50. The monoisotopic (exact) mass is 581 g/mol. The molecule has 7 nitrogen and oxygen atoms in total. The van der Waals surface area contributed by atoms with E-state index in [2.05, 4.69) is 5.32 Å². The topological polar surface area (TPSA) is 85.8 Å². The van der Waals surface area contributed by atoms with Gasteiger partial charge in [-0.05, 0) is 61.0 Å². The molecule has 41 heavy (non-hydrogen) atoms. The van der Waals surface area contributed by atoms with Gasteiger partial charge in [-0.25, -0.2) is 4.99 Å². The summed E-state index contributed by atoms with van der Waals surface area (Å²) >= 11 is 7.39. The highest BCUT2D eigenvalue weighted by molar-refractivity contribution is 7.07. The van der Waals surface area contributed by atoms with E-state index in [4.69, 9.17) is 25.7 Å². The number of fused-ring (bicyclic) bond motifs is 1. The van der Waals surface area contributed by atoms with Crippen molar-refractivity contribution in [2.45, 2.75) is 13.0 Å². The number of nitrogens with zero attached hydrogens (tertiary/aromatic N) is 2. The number of methoxy groups -OCH3 is 1. The number of anilines is 1. The summed E-state index contributed by atoms with van der Waals surface area (Å²) in [6, 6.07) is 26.9. The number of amides is 1. The Morgan fingerprint density at radius 2 is 1.83 bits per heavy atom. The van der Waals surface area contributed by atoms with Crippen LogP contribution in [0.1, 0.15) is 24.3 Å². The lowest BCUT2D eigenvalue weighted by Gasteiger charge is -2.25. The van der Waals surface area contributed by atoms with E-state index in [1.165, 1.54) is 11.3 Å². The maximum absolute atomic E-state index is 13.9. The third-order valence-electron chi connectivity index (χ3n) is 6.74. The smallest absolute Gasteiger partial charge is 0.271 e. The van der Waals surface area contributed by atoms with Gasteiger partial charge in [-0.1, -0.05) is 65.4 Å². The standard InChI is InChI=1S/C32H24ClN3O4S/c1-19-28(30(37)35-23-9-4-3-5-10-23)29(20-11-13-24(39-2)14-12-20)36-31(38)27(41-32(36)34-19)18-25-15-16-26(40-25)21-7-6-8-22(33)17-21/h3-18,29H,1-2H3,(H,35,37). The maximum Gasteiger partial charge on any atom is 0.271 e. The maximum atomic E-state index is 13.9. The van der Waals surface area contributed by atoms with Gasteiger partial charge in [-0.3, -0.25) is 14.2 Å². The molecule has 0 bridgehead atoms. The number of allylic oxidation sites excluding steroid dienone is 1. The highest BCUT2D eigenvalue weighted by atomic mass is 35.5. The number of ether oxygens (including phenoxy) is 1. The molecular formula is C32H24ClN3O4S. The zero-order chi connectivity index (χ0) is 28.5. The molecule has 1 amide bonds. The van der Waals surface area contributed by atoms with Crippen molar-refractivity contribution in [2.24, 2.45) is 4.99 Å². The molecule has 1 unspecified atom stereocenters. The Bertz CT molecular complexity index is 1970. The number of nitrogens with one attached hydrogen (secondary N) is 1. The molecule has 5 aromatic rings. The lowest BCUT2D eigenvalue weighted by atomic mass is 9.95. The molecule has 204 valence electrons. The van der Waals surface area contributed by atoms with Gasteiger partial charge in [0.1, 0.15) is 17.3 Å². The molecule has 0 aliphatic carbocycles. The van der Waals surface area contributed by atoms with Gasteiger partial charge in [0.15, 0.2) is 4.80 Å². The van der Waals surface area contributed by atoms with E-state index >= 15 is 0 Å². The predicted octanol–water partition coefficient (Wildman–Crippen LogP) is 5.80. The van der Waals surface area contributed by atoms with Gasteiger partial charge in [0.05, 0.1) is 29.0 Å². The van der Waals surface area contributed by atoms with Crippen molar-refractivity contribution >= 4 is 40.6 Å². The first-order valence-corrected chi connectivity index (χ1v) is 14.0. The zero-order valence-corrected chi connectivity index (χ0v) is 23.7. The van der Waals surface area contributed by atoms with Gasteiger partial charge in [0, 0.05) is 22.3 Å². The molecule has 1 atom stereocenters. The number of para-hydroxylation sites is 1. The first-order chi connectivity index (χ1) is 19.9. The van der Waals surface area contributed by atoms with Gasteiger partial charge in [0.25, 0.3) is 11.5 Å². The Kier molecular flexibility index (Phi) is 7.17. The summed E-state index contributed by atoms with van der Waals surface area (Å²) in [5, 5.41) is 3.56. The Balaban J connectivity index is 1.45. The van der Waals surface area contributed by atoms with Gasteiger partial charge in [-0.15, -0.1) is 0 Å². The van der Waals surface area contributed by atoms with Crippen molar-refractivity contribution in [2.75, 3.05) is 12.4 Å². The second kappa shape index (κ2) is 11.1. The fourth-order valence-electron chi connectivity index (χ4n) is 4.79. The van der Waals surface area contributed by atoms with Crippen LogP contribution in [0.25, 0.3) is 17.4 Å². The molecule has 6 rings (SSSR count). The highest BCUT2D eigenvalue weighted by Crippen LogP contribution is 2.32. The largest absolute Gasteiger partial charge is 0.497 e. The second-order valence-electron chi connectivity index (χ2n) is 9.39. The van der Waals surface area contributed by atoms with Crippen molar-refractivity contribution in [1.82, 2.24) is 4.57 Å². The van der Waals surface area contributed by atoms with E-state index in [0.29, 0.717) is 48.6 Å². The van der Waals surface area contributed by atoms with Crippen molar-refractivity contribution in [3.05, 3.63) is 138 Å². The molecule has 1 aliphatic heterocycles.